The van der Waals surface area contributed by atoms with Crippen molar-refractivity contribution < 1.29 is 5.11 Å². The predicted octanol–water partition coefficient (Wildman–Crippen LogP) is 4.03. The molecule has 2 heteroatoms. The van der Waals surface area contributed by atoms with Crippen molar-refractivity contribution in [1.82, 2.24) is 0 Å². The van der Waals surface area contributed by atoms with E-state index in [0.29, 0.717) is 17.5 Å². The van der Waals surface area contributed by atoms with Crippen LogP contribution in [-0.2, 0) is 0 Å². The Bertz CT molecular complexity index is 361. The van der Waals surface area contributed by atoms with Gasteiger partial charge in [-0.2, -0.15) is 0 Å². The third-order valence-corrected chi connectivity index (χ3v) is 3.04. The normalized spacial score (nSPS) is 31.6. The van der Waals surface area contributed by atoms with Gasteiger partial charge in [0, 0.05) is 5.71 Å². The van der Waals surface area contributed by atoms with Gasteiger partial charge in [-0.15, -0.1) is 0 Å². The van der Waals surface area contributed by atoms with E-state index in [0.717, 1.165) is 12.1 Å². The van der Waals surface area contributed by atoms with Gasteiger partial charge in [0.1, 0.15) is 5.76 Å². The molecule has 0 aromatic carbocycles. The van der Waals surface area contributed by atoms with Gasteiger partial charge >= 0.3 is 0 Å². The lowest BCUT2D eigenvalue weighted by molar-refractivity contribution is 0.420. The van der Waals surface area contributed by atoms with Crippen molar-refractivity contribution in [3.05, 3.63) is 35.8 Å². The molecule has 0 radical (unpaired) electrons. The minimum absolute atomic E-state index is 0.258. The molecule has 1 N–H and O–H groups in total. The van der Waals surface area contributed by atoms with Crippen LogP contribution in [0.5, 0.6) is 0 Å². The fraction of sp³-hybridized carbons (Fsp3) is 0.500. The van der Waals surface area contributed by atoms with Crippen molar-refractivity contribution in [3.8, 4) is 0 Å². The molecule has 0 saturated carbocycles. The number of nitrogens with zero attached hydrogens (tertiary/aromatic N) is 1. The maximum atomic E-state index is 9.77. The van der Waals surface area contributed by atoms with Gasteiger partial charge in [-0.3, -0.25) is 4.99 Å². The van der Waals surface area contributed by atoms with Crippen LogP contribution in [0, 0.1) is 11.8 Å². The maximum absolute atomic E-state index is 9.77. The van der Waals surface area contributed by atoms with E-state index in [1.165, 1.54) is 0 Å². The number of allylic oxidation sites excluding steroid dienone is 5. The SMILES string of the molecule is CC1=NC(C)=C(O)/C=C\[C@@H](C)C(C)C/C=C\1. The molecule has 0 aromatic heterocycles. The molecule has 0 fully saturated rings. The molecule has 2 nitrogen and oxygen atoms in total. The van der Waals surface area contributed by atoms with Gasteiger partial charge in [0.2, 0.25) is 0 Å². The molecule has 88 valence electrons. The summed E-state index contributed by atoms with van der Waals surface area (Å²) in [5.41, 5.74) is 1.60. The first kappa shape index (κ1) is 12.8. The van der Waals surface area contributed by atoms with Gasteiger partial charge in [0.15, 0.2) is 0 Å². The zero-order valence-electron chi connectivity index (χ0n) is 10.6. The minimum atomic E-state index is 0.258. The van der Waals surface area contributed by atoms with E-state index in [4.69, 9.17) is 0 Å². The van der Waals surface area contributed by atoms with Crippen molar-refractivity contribution in [3.63, 3.8) is 0 Å². The second kappa shape index (κ2) is 5.69. The highest BCUT2D eigenvalue weighted by Crippen LogP contribution is 2.19. The maximum Gasteiger partial charge on any atom is 0.136 e. The third-order valence-electron chi connectivity index (χ3n) is 3.04. The second-order valence-corrected chi connectivity index (χ2v) is 4.56. The summed E-state index contributed by atoms with van der Waals surface area (Å²) in [6.45, 7) is 8.16. The summed E-state index contributed by atoms with van der Waals surface area (Å²) >= 11 is 0. The van der Waals surface area contributed by atoms with Crippen LogP contribution in [0.3, 0.4) is 0 Å². The lowest BCUT2D eigenvalue weighted by Gasteiger charge is -2.13. The Kier molecular flexibility index (Phi) is 4.53. The Morgan fingerprint density at radius 1 is 1.25 bits per heavy atom. The minimum Gasteiger partial charge on any atom is -0.506 e. The summed E-state index contributed by atoms with van der Waals surface area (Å²) in [6.07, 6.45) is 9.03. The topological polar surface area (TPSA) is 32.6 Å². The Balaban J connectivity index is 3.04. The summed E-state index contributed by atoms with van der Waals surface area (Å²) < 4.78 is 0. The van der Waals surface area contributed by atoms with Gasteiger partial charge < -0.3 is 5.11 Å². The summed E-state index contributed by atoms with van der Waals surface area (Å²) in [5, 5.41) is 9.77. The lowest BCUT2D eigenvalue weighted by Crippen LogP contribution is -2.03. The van der Waals surface area contributed by atoms with Crippen LogP contribution in [0.2, 0.25) is 0 Å². The van der Waals surface area contributed by atoms with Crippen LogP contribution in [0.15, 0.2) is 40.8 Å². The van der Waals surface area contributed by atoms with Crippen LogP contribution in [0.1, 0.15) is 34.1 Å². The molecule has 1 heterocycles. The lowest BCUT2D eigenvalue weighted by atomic mass is 9.92. The fourth-order valence-corrected chi connectivity index (χ4v) is 1.58. The molecular formula is C14H21NO. The van der Waals surface area contributed by atoms with Crippen LogP contribution >= 0.6 is 0 Å². The van der Waals surface area contributed by atoms with E-state index in [1.54, 1.807) is 6.08 Å². The van der Waals surface area contributed by atoms with Crippen LogP contribution in [0.25, 0.3) is 0 Å². The Labute approximate surface area is 98.1 Å². The molecule has 1 unspecified atom stereocenters. The number of aliphatic hydroxyl groups excluding tert-OH is 1. The van der Waals surface area contributed by atoms with E-state index in [2.05, 4.69) is 24.9 Å². The van der Waals surface area contributed by atoms with E-state index < -0.39 is 0 Å². The van der Waals surface area contributed by atoms with E-state index in [9.17, 15) is 5.11 Å². The summed E-state index contributed by atoms with van der Waals surface area (Å²) in [5.74, 6) is 1.29. The highest BCUT2D eigenvalue weighted by Gasteiger charge is 2.08. The molecule has 0 aromatic rings. The Morgan fingerprint density at radius 3 is 2.62 bits per heavy atom. The number of hydrogen-bond donors (Lipinski definition) is 1. The average molecular weight is 219 g/mol. The molecule has 1 aliphatic rings. The number of aliphatic hydroxyl groups is 1. The zero-order chi connectivity index (χ0) is 12.1. The highest BCUT2D eigenvalue weighted by atomic mass is 16.3. The van der Waals surface area contributed by atoms with Gasteiger partial charge in [0.05, 0.1) is 5.70 Å². The first-order valence-corrected chi connectivity index (χ1v) is 5.80. The standard InChI is InChI=1S/C14H21NO/c1-10-6-5-7-12(3)15-13(4)14(16)9-8-11(10)2/h5,7-11,16H,6H2,1-4H3/b7-5-,9-8-,14-13?,15-12?/t10?,11-/m1/s1. The smallest absolute Gasteiger partial charge is 0.136 e. The molecule has 0 amide bonds. The molecule has 0 aliphatic carbocycles. The van der Waals surface area contributed by atoms with Gasteiger partial charge in [-0.1, -0.05) is 26.0 Å². The van der Waals surface area contributed by atoms with Crippen molar-refractivity contribution in [2.45, 2.75) is 34.1 Å². The molecule has 0 bridgehead atoms. The average Bonchev–Trinajstić information content (AvgIpc) is 2.25. The highest BCUT2D eigenvalue weighted by molar-refractivity contribution is 5.93. The molecule has 2 atom stereocenters. The quantitative estimate of drug-likeness (QED) is 0.655. The van der Waals surface area contributed by atoms with E-state index in [-0.39, 0.29) is 5.76 Å². The second-order valence-electron chi connectivity index (χ2n) is 4.56. The monoisotopic (exact) mass is 219 g/mol. The summed E-state index contributed by atoms with van der Waals surface area (Å²) in [6, 6.07) is 0. The summed E-state index contributed by atoms with van der Waals surface area (Å²) in [4.78, 5) is 4.32. The predicted molar refractivity (Wildman–Crippen MR) is 69.7 cm³/mol. The number of hydrogen-bond acceptors (Lipinski definition) is 2. The molecular weight excluding hydrogens is 198 g/mol. The fourth-order valence-electron chi connectivity index (χ4n) is 1.58. The molecule has 0 spiro atoms. The number of aliphatic imine (C=N–C) groups is 1. The van der Waals surface area contributed by atoms with Crippen LogP contribution in [0.4, 0.5) is 0 Å². The van der Waals surface area contributed by atoms with Crippen molar-refractivity contribution in [2.24, 2.45) is 16.8 Å². The molecule has 1 rings (SSSR count). The van der Waals surface area contributed by atoms with Crippen molar-refractivity contribution in [1.29, 1.82) is 0 Å². The Hall–Kier alpha value is -1.31. The first-order valence-electron chi connectivity index (χ1n) is 5.80. The summed E-state index contributed by atoms with van der Waals surface area (Å²) in [7, 11) is 0. The third kappa shape index (κ3) is 3.69. The largest absolute Gasteiger partial charge is 0.506 e. The molecule has 16 heavy (non-hydrogen) atoms. The molecule has 0 saturated heterocycles. The molecule has 1 aliphatic heterocycles. The van der Waals surface area contributed by atoms with Crippen molar-refractivity contribution in [2.75, 3.05) is 0 Å². The van der Waals surface area contributed by atoms with Crippen LogP contribution < -0.4 is 0 Å². The van der Waals surface area contributed by atoms with E-state index >= 15 is 0 Å². The first-order chi connectivity index (χ1) is 7.50. The van der Waals surface area contributed by atoms with Gasteiger partial charge in [-0.05, 0) is 44.3 Å². The van der Waals surface area contributed by atoms with Crippen molar-refractivity contribution >= 4 is 5.71 Å². The van der Waals surface area contributed by atoms with E-state index in [1.807, 2.05) is 26.0 Å². The number of rotatable bonds is 0. The zero-order valence-corrected chi connectivity index (χ0v) is 10.6. The van der Waals surface area contributed by atoms with Crippen LogP contribution in [-0.4, -0.2) is 10.8 Å². The van der Waals surface area contributed by atoms with Gasteiger partial charge in [-0.25, -0.2) is 0 Å². The van der Waals surface area contributed by atoms with Gasteiger partial charge in [0.25, 0.3) is 0 Å². The Morgan fingerprint density at radius 2 is 1.94 bits per heavy atom.